The number of likely N-dealkylation sites (tertiary alicyclic amines) is 2. The predicted molar refractivity (Wildman–Crippen MR) is 182 cm³/mol. The summed E-state index contributed by atoms with van der Waals surface area (Å²) in [6, 6.07) is 12.9. The van der Waals surface area contributed by atoms with Crippen molar-refractivity contribution < 1.29 is 39.6 Å². The van der Waals surface area contributed by atoms with Crippen LogP contribution < -0.4 is 5.32 Å². The maximum Gasteiger partial charge on any atom is 0.416 e. The molecule has 2 saturated heterocycles. The first-order valence-corrected chi connectivity index (χ1v) is 18.7. The van der Waals surface area contributed by atoms with Crippen LogP contribution in [0.15, 0.2) is 77.7 Å². The largest absolute Gasteiger partial charge is 0.416 e. The molecule has 0 saturated carbocycles. The molecule has 1 unspecified atom stereocenters. The Kier molecular flexibility index (Phi) is 10.5. The number of nitrogens with one attached hydrogen (secondary N) is 1. The summed E-state index contributed by atoms with van der Waals surface area (Å²) in [5, 5.41) is 2.17. The zero-order valence-corrected chi connectivity index (χ0v) is 28.7. The van der Waals surface area contributed by atoms with Gasteiger partial charge in [-0.3, -0.25) is 9.69 Å². The van der Waals surface area contributed by atoms with Gasteiger partial charge in [0.05, 0.1) is 27.2 Å². The Morgan fingerprint density at radius 3 is 2.12 bits per heavy atom. The Balaban J connectivity index is 1.50. The first-order chi connectivity index (χ1) is 24.1. The highest BCUT2D eigenvalue weighted by molar-refractivity contribution is 7.90. The standard InChI is InChI=1S/C37H38F6N4O3S/c1-51(49,50)28-14-15-31-29(22-28)32(35(48)45-34(37(41,42)43)25-8-4-2-5-9-25)30(33(44-31)24-10-12-26(13-11-24)36(38,39)40)23-46-20-16-27(17-21-46)47-18-6-3-7-19-47/h2,4-5,8-15,22,27,34H,3,6-7,16-21,23H2,1H3,(H,45,48). The molecule has 14 heteroatoms. The number of piperidine rings is 2. The van der Waals surface area contributed by atoms with Gasteiger partial charge in [0.1, 0.15) is 0 Å². The van der Waals surface area contributed by atoms with Gasteiger partial charge in [0, 0.05) is 35.4 Å². The number of halogens is 6. The molecular weight excluding hydrogens is 694 g/mol. The van der Waals surface area contributed by atoms with Crippen LogP contribution in [0, 0.1) is 0 Å². The Labute approximate surface area is 292 Å². The minimum Gasteiger partial charge on any atom is -0.337 e. The van der Waals surface area contributed by atoms with Crippen molar-refractivity contribution in [2.24, 2.45) is 0 Å². The van der Waals surface area contributed by atoms with Crippen molar-refractivity contribution in [1.29, 1.82) is 0 Å². The van der Waals surface area contributed by atoms with E-state index in [1.807, 2.05) is 0 Å². The molecule has 2 aliphatic heterocycles. The van der Waals surface area contributed by atoms with Crippen LogP contribution in [0.1, 0.15) is 65.2 Å². The normalized spacial score (nSPS) is 17.8. The van der Waals surface area contributed by atoms with E-state index in [1.165, 1.54) is 61.0 Å². The van der Waals surface area contributed by atoms with E-state index >= 15 is 0 Å². The number of fused-ring (bicyclic) bond motifs is 1. The van der Waals surface area contributed by atoms with E-state index in [9.17, 15) is 39.6 Å². The van der Waals surface area contributed by atoms with E-state index < -0.39 is 39.7 Å². The number of carbonyl (C=O) groups excluding carboxylic acids is 1. The molecule has 3 aromatic carbocycles. The molecule has 4 aromatic rings. The Morgan fingerprint density at radius 2 is 1.53 bits per heavy atom. The lowest BCUT2D eigenvalue weighted by molar-refractivity contribution is -0.155. The van der Waals surface area contributed by atoms with E-state index in [0.29, 0.717) is 19.1 Å². The fourth-order valence-corrected chi connectivity index (χ4v) is 7.78. The fraction of sp³-hybridized carbons (Fsp3) is 0.405. The zero-order chi connectivity index (χ0) is 36.6. The molecular formula is C37H38F6N4O3S. The Hall–Kier alpha value is -4.01. The minimum absolute atomic E-state index is 0.0123. The van der Waals surface area contributed by atoms with Gasteiger partial charge >= 0.3 is 12.4 Å². The number of carbonyl (C=O) groups is 1. The van der Waals surface area contributed by atoms with E-state index in [2.05, 4.69) is 15.1 Å². The van der Waals surface area contributed by atoms with Crippen LogP contribution in [0.4, 0.5) is 26.3 Å². The van der Waals surface area contributed by atoms with E-state index in [1.54, 1.807) is 6.07 Å². The summed E-state index contributed by atoms with van der Waals surface area (Å²) in [6.07, 6.45) is -3.44. The van der Waals surface area contributed by atoms with Gasteiger partial charge in [0.25, 0.3) is 5.91 Å². The van der Waals surface area contributed by atoms with E-state index in [-0.39, 0.29) is 50.3 Å². The molecule has 1 atom stereocenters. The van der Waals surface area contributed by atoms with Crippen molar-refractivity contribution in [3.8, 4) is 11.3 Å². The maximum absolute atomic E-state index is 14.5. The van der Waals surface area contributed by atoms with Crippen molar-refractivity contribution >= 4 is 26.6 Å². The van der Waals surface area contributed by atoms with E-state index in [0.717, 1.165) is 57.2 Å². The van der Waals surface area contributed by atoms with Gasteiger partial charge in [-0.2, -0.15) is 26.3 Å². The molecule has 1 amide bonds. The summed E-state index contributed by atoms with van der Waals surface area (Å²) in [7, 11) is -3.83. The topological polar surface area (TPSA) is 82.6 Å². The number of hydrogen-bond donors (Lipinski definition) is 1. The molecule has 1 N–H and O–H groups in total. The number of amides is 1. The highest BCUT2D eigenvalue weighted by Crippen LogP contribution is 2.38. The maximum atomic E-state index is 14.5. The number of sulfone groups is 1. The third kappa shape index (κ3) is 8.39. The molecule has 0 radical (unpaired) electrons. The van der Waals surface area contributed by atoms with Gasteiger partial charge in [-0.05, 0) is 87.8 Å². The first kappa shape index (κ1) is 36.8. The molecule has 0 bridgehead atoms. The number of hydrogen-bond acceptors (Lipinski definition) is 6. The second kappa shape index (κ2) is 14.5. The quantitative estimate of drug-likeness (QED) is 0.186. The average molecular weight is 733 g/mol. The van der Waals surface area contributed by atoms with Crippen LogP contribution in [0.5, 0.6) is 0 Å². The summed E-state index contributed by atoms with van der Waals surface area (Å²) in [5.41, 5.74) is -0.703. The molecule has 51 heavy (non-hydrogen) atoms. The minimum atomic E-state index is -4.90. The number of pyridine rings is 1. The molecule has 2 fully saturated rings. The van der Waals surface area contributed by atoms with E-state index in [4.69, 9.17) is 4.98 Å². The molecule has 2 aliphatic rings. The summed E-state index contributed by atoms with van der Waals surface area (Å²) in [4.78, 5) is 23.5. The van der Waals surface area contributed by atoms with Crippen molar-refractivity contribution in [2.45, 2.75) is 68.0 Å². The van der Waals surface area contributed by atoms with Crippen molar-refractivity contribution in [1.82, 2.24) is 20.1 Å². The second-order valence-electron chi connectivity index (χ2n) is 13.3. The third-order valence-electron chi connectivity index (χ3n) is 9.78. The zero-order valence-electron chi connectivity index (χ0n) is 27.9. The molecule has 1 aromatic heterocycles. The van der Waals surface area contributed by atoms with Crippen LogP contribution >= 0.6 is 0 Å². The molecule has 3 heterocycles. The Morgan fingerprint density at radius 1 is 0.882 bits per heavy atom. The summed E-state index contributed by atoms with van der Waals surface area (Å²) in [5.74, 6) is -1.12. The summed E-state index contributed by atoms with van der Waals surface area (Å²) >= 11 is 0. The number of alkyl halides is 6. The molecule has 0 aliphatic carbocycles. The third-order valence-corrected chi connectivity index (χ3v) is 10.9. The predicted octanol–water partition coefficient (Wildman–Crippen LogP) is 7.81. The molecule has 6 rings (SSSR count). The molecule has 272 valence electrons. The monoisotopic (exact) mass is 732 g/mol. The summed E-state index contributed by atoms with van der Waals surface area (Å²) in [6.45, 7) is 3.29. The van der Waals surface area contributed by atoms with Gasteiger partial charge < -0.3 is 10.2 Å². The molecule has 7 nitrogen and oxygen atoms in total. The highest BCUT2D eigenvalue weighted by atomic mass is 32.2. The fourth-order valence-electron chi connectivity index (χ4n) is 7.13. The van der Waals surface area contributed by atoms with Gasteiger partial charge in [0.2, 0.25) is 0 Å². The Bertz CT molecular complexity index is 1970. The van der Waals surface area contributed by atoms with Crippen molar-refractivity contribution in [2.75, 3.05) is 32.4 Å². The second-order valence-corrected chi connectivity index (χ2v) is 15.3. The van der Waals surface area contributed by atoms with Crippen molar-refractivity contribution in [3.05, 3.63) is 95.1 Å². The lowest BCUT2D eigenvalue weighted by Gasteiger charge is -2.40. The first-order valence-electron chi connectivity index (χ1n) is 16.8. The van der Waals surface area contributed by atoms with Gasteiger partial charge in [-0.25, -0.2) is 13.4 Å². The van der Waals surface area contributed by atoms with Crippen LogP contribution in [0.2, 0.25) is 0 Å². The van der Waals surface area contributed by atoms with Crippen LogP contribution in [-0.4, -0.2) is 73.8 Å². The van der Waals surface area contributed by atoms with Crippen molar-refractivity contribution in [3.63, 3.8) is 0 Å². The smallest absolute Gasteiger partial charge is 0.337 e. The number of aromatic nitrogens is 1. The van der Waals surface area contributed by atoms with Crippen LogP contribution in [0.25, 0.3) is 22.2 Å². The van der Waals surface area contributed by atoms with Gasteiger partial charge in [-0.1, -0.05) is 48.9 Å². The van der Waals surface area contributed by atoms with Crippen LogP contribution in [-0.2, 0) is 22.6 Å². The lowest BCUT2D eigenvalue weighted by atomic mass is 9.93. The molecule has 0 spiro atoms. The average Bonchev–Trinajstić information content (AvgIpc) is 3.10. The number of nitrogens with zero attached hydrogens (tertiary/aromatic N) is 3. The van der Waals surface area contributed by atoms with Crippen LogP contribution in [0.3, 0.4) is 0 Å². The number of benzene rings is 3. The van der Waals surface area contributed by atoms with Gasteiger partial charge in [0.15, 0.2) is 15.9 Å². The lowest BCUT2D eigenvalue weighted by Crippen LogP contribution is -2.46. The summed E-state index contributed by atoms with van der Waals surface area (Å²) < 4.78 is 110. The highest BCUT2D eigenvalue weighted by Gasteiger charge is 2.43. The SMILES string of the molecule is CS(=O)(=O)c1ccc2nc(-c3ccc(C(F)(F)F)cc3)c(CN3CCC(N4CCCCC4)CC3)c(C(=O)NC(c3ccccc3)C(F)(F)F)c2c1. The van der Waals surface area contributed by atoms with Gasteiger partial charge in [-0.15, -0.1) is 0 Å². The number of rotatable bonds is 8.